The van der Waals surface area contributed by atoms with Crippen molar-refractivity contribution in [2.24, 2.45) is 5.73 Å². The third-order valence-corrected chi connectivity index (χ3v) is 3.50. The second kappa shape index (κ2) is 7.02. The van der Waals surface area contributed by atoms with Crippen LogP contribution in [0.5, 0.6) is 5.75 Å². The molecular weight excluding hydrogens is 274 g/mol. The quantitative estimate of drug-likeness (QED) is 0.857. The molecule has 0 unspecified atom stereocenters. The van der Waals surface area contributed by atoms with Crippen molar-refractivity contribution in [2.75, 3.05) is 19.0 Å². The van der Waals surface area contributed by atoms with Crippen LogP contribution in [-0.2, 0) is 4.79 Å². The summed E-state index contributed by atoms with van der Waals surface area (Å²) in [6.45, 7) is 0.516. The van der Waals surface area contributed by atoms with E-state index in [1.165, 1.54) is 11.3 Å². The average molecular weight is 291 g/mol. The molecule has 3 N–H and O–H groups in total. The summed E-state index contributed by atoms with van der Waals surface area (Å²) in [4.78, 5) is 16.0. The number of carbonyl (C=O) groups excluding carboxylic acids is 1. The zero-order valence-corrected chi connectivity index (χ0v) is 12.1. The van der Waals surface area contributed by atoms with Gasteiger partial charge in [0.25, 0.3) is 0 Å². The molecule has 106 valence electrons. The molecule has 0 atom stereocenters. The number of hydrogen-bond acceptors (Lipinski definition) is 5. The van der Waals surface area contributed by atoms with E-state index in [-0.39, 0.29) is 5.91 Å². The Morgan fingerprint density at radius 1 is 1.40 bits per heavy atom. The first kappa shape index (κ1) is 14.5. The Morgan fingerprint density at radius 3 is 2.80 bits per heavy atom. The van der Waals surface area contributed by atoms with E-state index in [9.17, 15) is 4.79 Å². The van der Waals surface area contributed by atoms with Crippen LogP contribution in [0, 0.1) is 0 Å². The minimum atomic E-state index is -0.0499. The van der Waals surface area contributed by atoms with E-state index in [2.05, 4.69) is 10.3 Å². The second-order valence-electron chi connectivity index (χ2n) is 4.21. The fourth-order valence-electron chi connectivity index (χ4n) is 1.67. The number of anilines is 1. The molecule has 5 nitrogen and oxygen atoms in total. The van der Waals surface area contributed by atoms with Crippen molar-refractivity contribution < 1.29 is 9.53 Å². The van der Waals surface area contributed by atoms with E-state index in [0.717, 1.165) is 17.0 Å². The smallest absolute Gasteiger partial charge is 0.226 e. The number of methoxy groups -OCH3 is 1. The summed E-state index contributed by atoms with van der Waals surface area (Å²) in [7, 11) is 1.63. The van der Waals surface area contributed by atoms with Gasteiger partial charge in [-0.3, -0.25) is 4.79 Å². The van der Waals surface area contributed by atoms with Crippen LogP contribution in [0.3, 0.4) is 0 Å². The first-order chi connectivity index (χ1) is 9.72. The predicted octanol–water partition coefficient (Wildman–Crippen LogP) is 2.50. The number of nitrogens with zero attached hydrogens (tertiary/aromatic N) is 1. The lowest BCUT2D eigenvalue weighted by atomic mass is 10.2. The van der Waals surface area contributed by atoms with E-state index in [1.54, 1.807) is 7.11 Å². The van der Waals surface area contributed by atoms with Crippen LogP contribution < -0.4 is 15.8 Å². The van der Waals surface area contributed by atoms with Gasteiger partial charge in [0, 0.05) is 17.4 Å². The van der Waals surface area contributed by atoms with E-state index in [0.29, 0.717) is 24.5 Å². The fourth-order valence-corrected chi connectivity index (χ4v) is 2.41. The maximum Gasteiger partial charge on any atom is 0.226 e. The Morgan fingerprint density at radius 2 is 2.15 bits per heavy atom. The van der Waals surface area contributed by atoms with Crippen molar-refractivity contribution in [3.05, 3.63) is 29.6 Å². The number of nitrogens with two attached hydrogens (primary N) is 1. The lowest BCUT2D eigenvalue weighted by Gasteiger charge is -2.01. The predicted molar refractivity (Wildman–Crippen MR) is 81.0 cm³/mol. The van der Waals surface area contributed by atoms with Gasteiger partial charge >= 0.3 is 0 Å². The van der Waals surface area contributed by atoms with Gasteiger partial charge in [-0.1, -0.05) is 0 Å². The lowest BCUT2D eigenvalue weighted by Crippen LogP contribution is -2.13. The second-order valence-corrected chi connectivity index (χ2v) is 5.06. The van der Waals surface area contributed by atoms with Gasteiger partial charge < -0.3 is 15.8 Å². The maximum absolute atomic E-state index is 11.6. The molecule has 0 aliphatic heterocycles. The van der Waals surface area contributed by atoms with Crippen LogP contribution in [0.25, 0.3) is 11.3 Å². The van der Waals surface area contributed by atoms with E-state index < -0.39 is 0 Å². The minimum Gasteiger partial charge on any atom is -0.497 e. The first-order valence-corrected chi connectivity index (χ1v) is 7.21. The van der Waals surface area contributed by atoms with Gasteiger partial charge in [0.1, 0.15) is 5.75 Å². The molecule has 2 rings (SSSR count). The molecule has 0 spiro atoms. The van der Waals surface area contributed by atoms with Crippen molar-refractivity contribution >= 4 is 22.4 Å². The molecule has 0 bridgehead atoms. The van der Waals surface area contributed by atoms with Gasteiger partial charge in [-0.2, -0.15) is 0 Å². The number of rotatable bonds is 6. The number of carbonyl (C=O) groups is 1. The summed E-state index contributed by atoms with van der Waals surface area (Å²) >= 11 is 1.41. The first-order valence-electron chi connectivity index (χ1n) is 6.33. The molecular formula is C14H17N3O2S. The Hall–Kier alpha value is -1.92. The van der Waals surface area contributed by atoms with Gasteiger partial charge in [-0.25, -0.2) is 4.98 Å². The monoisotopic (exact) mass is 291 g/mol. The number of thiazole rings is 1. The summed E-state index contributed by atoms with van der Waals surface area (Å²) < 4.78 is 5.12. The number of nitrogens with one attached hydrogen (secondary N) is 1. The highest BCUT2D eigenvalue weighted by molar-refractivity contribution is 7.14. The molecule has 0 aliphatic carbocycles. The van der Waals surface area contributed by atoms with Crippen molar-refractivity contribution in [1.29, 1.82) is 0 Å². The molecule has 2 aromatic rings. The van der Waals surface area contributed by atoms with Crippen LogP contribution in [-0.4, -0.2) is 24.5 Å². The molecule has 1 aromatic heterocycles. The van der Waals surface area contributed by atoms with Crippen LogP contribution >= 0.6 is 11.3 Å². The number of hydrogen-bond donors (Lipinski definition) is 2. The minimum absolute atomic E-state index is 0.0499. The zero-order valence-electron chi connectivity index (χ0n) is 11.3. The van der Waals surface area contributed by atoms with Crippen LogP contribution in [0.15, 0.2) is 29.6 Å². The number of aromatic nitrogens is 1. The van der Waals surface area contributed by atoms with Crippen LogP contribution in [0.2, 0.25) is 0 Å². The molecule has 1 heterocycles. The Bertz CT molecular complexity index is 566. The van der Waals surface area contributed by atoms with Gasteiger partial charge in [-0.15, -0.1) is 11.3 Å². The molecule has 20 heavy (non-hydrogen) atoms. The third kappa shape index (κ3) is 3.79. The van der Waals surface area contributed by atoms with E-state index in [4.69, 9.17) is 10.5 Å². The Kier molecular flexibility index (Phi) is 5.09. The summed E-state index contributed by atoms with van der Waals surface area (Å²) in [5.74, 6) is 0.755. The molecule has 0 fully saturated rings. The van der Waals surface area contributed by atoms with Crippen LogP contribution in [0.4, 0.5) is 5.13 Å². The normalized spacial score (nSPS) is 10.3. The average Bonchev–Trinajstić information content (AvgIpc) is 2.93. The molecule has 0 saturated carbocycles. The Balaban J connectivity index is 2.02. The summed E-state index contributed by atoms with van der Waals surface area (Å²) in [5.41, 5.74) is 7.20. The fraction of sp³-hybridized carbons (Fsp3) is 0.286. The molecule has 1 amide bonds. The maximum atomic E-state index is 11.6. The number of ether oxygens (including phenoxy) is 1. The topological polar surface area (TPSA) is 77.2 Å². The largest absolute Gasteiger partial charge is 0.497 e. The number of amides is 1. The van der Waals surface area contributed by atoms with Crippen molar-refractivity contribution in [1.82, 2.24) is 4.98 Å². The summed E-state index contributed by atoms with van der Waals surface area (Å²) in [6, 6.07) is 7.64. The Labute approximate surface area is 121 Å². The molecule has 1 aromatic carbocycles. The van der Waals surface area contributed by atoms with Gasteiger partial charge in [0.05, 0.1) is 12.8 Å². The highest BCUT2D eigenvalue weighted by atomic mass is 32.1. The van der Waals surface area contributed by atoms with Gasteiger partial charge in [0.2, 0.25) is 5.91 Å². The molecule has 0 radical (unpaired) electrons. The van der Waals surface area contributed by atoms with Crippen molar-refractivity contribution in [3.8, 4) is 17.0 Å². The van der Waals surface area contributed by atoms with Crippen LogP contribution in [0.1, 0.15) is 12.8 Å². The van der Waals surface area contributed by atoms with Gasteiger partial charge in [-0.05, 0) is 37.2 Å². The highest BCUT2D eigenvalue weighted by Gasteiger charge is 2.07. The van der Waals surface area contributed by atoms with E-state index in [1.807, 2.05) is 29.6 Å². The number of benzene rings is 1. The van der Waals surface area contributed by atoms with E-state index >= 15 is 0 Å². The molecule has 6 heteroatoms. The van der Waals surface area contributed by atoms with Gasteiger partial charge in [0.15, 0.2) is 5.13 Å². The molecule has 0 saturated heterocycles. The SMILES string of the molecule is COc1ccc(-c2csc(NC(=O)CCCN)n2)cc1. The third-order valence-electron chi connectivity index (χ3n) is 2.74. The molecule has 0 aliphatic rings. The summed E-state index contributed by atoms with van der Waals surface area (Å²) in [6.07, 6.45) is 1.11. The highest BCUT2D eigenvalue weighted by Crippen LogP contribution is 2.26. The zero-order chi connectivity index (χ0) is 14.4. The van der Waals surface area contributed by atoms with Crippen molar-refractivity contribution in [2.45, 2.75) is 12.8 Å². The standard InChI is InChI=1S/C14H17N3O2S/c1-19-11-6-4-10(5-7-11)12-9-20-14(16-12)17-13(18)3-2-8-15/h4-7,9H,2-3,8,15H2,1H3,(H,16,17,18). The summed E-state index contributed by atoms with van der Waals surface area (Å²) in [5, 5.41) is 5.30. The lowest BCUT2D eigenvalue weighted by molar-refractivity contribution is -0.116. The van der Waals surface area contributed by atoms with Crippen molar-refractivity contribution in [3.63, 3.8) is 0 Å².